The van der Waals surface area contributed by atoms with Gasteiger partial charge in [0, 0.05) is 31.7 Å². The molecule has 0 aromatic heterocycles. The van der Waals surface area contributed by atoms with E-state index in [0.29, 0.717) is 5.69 Å². The van der Waals surface area contributed by atoms with Gasteiger partial charge in [0.25, 0.3) is 0 Å². The predicted molar refractivity (Wildman–Crippen MR) is 101 cm³/mol. The molecule has 2 bridgehead atoms. The van der Waals surface area contributed by atoms with Crippen LogP contribution in [0.15, 0.2) is 36.5 Å². The number of ether oxygens (including phenoxy) is 3. The lowest BCUT2D eigenvalue weighted by Gasteiger charge is -2.56. The van der Waals surface area contributed by atoms with E-state index in [1.165, 1.54) is 32.9 Å². The molecule has 1 fully saturated rings. The highest BCUT2D eigenvalue weighted by atomic mass is 19.1. The van der Waals surface area contributed by atoms with E-state index in [-0.39, 0.29) is 18.2 Å². The summed E-state index contributed by atoms with van der Waals surface area (Å²) in [5, 5.41) is 0. The van der Waals surface area contributed by atoms with Crippen LogP contribution in [0.1, 0.15) is 27.7 Å². The molecule has 2 aliphatic rings. The van der Waals surface area contributed by atoms with Gasteiger partial charge in [-0.05, 0) is 38.1 Å². The fourth-order valence-corrected chi connectivity index (χ4v) is 4.27. The van der Waals surface area contributed by atoms with Crippen LogP contribution in [-0.2, 0) is 28.6 Å². The number of benzene rings is 1. The molecule has 1 aromatic carbocycles. The normalized spacial score (nSPS) is 30.6. The Hall–Kier alpha value is -2.74. The molecule has 0 N–H and O–H groups in total. The van der Waals surface area contributed by atoms with Crippen LogP contribution >= 0.6 is 0 Å². The average Bonchev–Trinajstić information content (AvgIpc) is 2.62. The molecule has 29 heavy (non-hydrogen) atoms. The molecular weight excluding hydrogens is 381 g/mol. The maximum atomic E-state index is 13.4. The van der Waals surface area contributed by atoms with Crippen molar-refractivity contribution in [1.82, 2.24) is 0 Å². The molecule has 1 saturated heterocycles. The molecule has 7 nitrogen and oxygen atoms in total. The second kappa shape index (κ2) is 7.94. The Labute approximate surface area is 168 Å². The number of hydrogen-bond donors (Lipinski definition) is 0. The molecule has 0 spiro atoms. The van der Waals surface area contributed by atoms with Gasteiger partial charge in [0.2, 0.25) is 0 Å². The Morgan fingerprint density at radius 1 is 1.14 bits per heavy atom. The van der Waals surface area contributed by atoms with Crippen LogP contribution in [0.5, 0.6) is 0 Å². The van der Waals surface area contributed by atoms with Gasteiger partial charge in [0.05, 0.1) is 5.92 Å². The third kappa shape index (κ3) is 4.03. The lowest BCUT2D eigenvalue weighted by molar-refractivity contribution is -0.234. The van der Waals surface area contributed by atoms with Gasteiger partial charge >= 0.3 is 11.9 Å². The summed E-state index contributed by atoms with van der Waals surface area (Å²) in [5.41, 5.74) is -0.517. The van der Waals surface area contributed by atoms with E-state index < -0.39 is 41.7 Å². The van der Waals surface area contributed by atoms with Crippen LogP contribution in [0.4, 0.5) is 10.1 Å². The minimum Gasteiger partial charge on any atom is -0.463 e. The first kappa shape index (κ1) is 21.0. The first-order chi connectivity index (χ1) is 13.6. The topological polar surface area (TPSA) is 82.1 Å². The molecular formula is C21H24FNO6. The van der Waals surface area contributed by atoms with Crippen molar-refractivity contribution in [3.63, 3.8) is 0 Å². The largest absolute Gasteiger partial charge is 0.463 e. The fraction of sp³-hybridized carbons (Fsp3) is 0.476. The molecule has 0 aliphatic carbocycles. The number of fused-ring (bicyclic) bond motifs is 2. The molecule has 5 atom stereocenters. The Morgan fingerprint density at radius 3 is 2.34 bits per heavy atom. The summed E-state index contributed by atoms with van der Waals surface area (Å²) < 4.78 is 30.3. The number of nitrogens with zero attached hydrogens (tertiary/aromatic N) is 1. The first-order valence-corrected chi connectivity index (χ1v) is 9.35. The van der Waals surface area contributed by atoms with Gasteiger partial charge < -0.3 is 19.1 Å². The Bertz CT molecular complexity index is 838. The summed E-state index contributed by atoms with van der Waals surface area (Å²) in [6.07, 6.45) is 1.96. The summed E-state index contributed by atoms with van der Waals surface area (Å²) in [6, 6.07) is 5.82. The highest BCUT2D eigenvalue weighted by Crippen LogP contribution is 2.47. The number of hydrogen-bond acceptors (Lipinski definition) is 7. The standard InChI is InChI=1S/C21H24FNO6/c1-12(24)19-17-9-10-23(16-7-5-15(22)6-8-16)21(19,4)29-18(11-27-13(2)25)20(17)28-14(3)26/h5-10,17-20H,11H2,1-4H3/t17-,18?,19-,20+,21-/m1/s1. The highest BCUT2D eigenvalue weighted by molar-refractivity contribution is 5.82. The van der Waals surface area contributed by atoms with Crippen LogP contribution in [0, 0.1) is 17.7 Å². The SMILES string of the molecule is CC(=O)OCC1O[C@]2(C)[C@H](C(C)=O)[C@@H](C=CN2c2ccc(F)cc2)[C@@H]1OC(C)=O. The van der Waals surface area contributed by atoms with Crippen LogP contribution in [0.2, 0.25) is 0 Å². The molecule has 1 unspecified atom stereocenters. The van der Waals surface area contributed by atoms with E-state index in [1.807, 2.05) is 0 Å². The summed E-state index contributed by atoms with van der Waals surface area (Å²) in [7, 11) is 0. The average molecular weight is 405 g/mol. The molecule has 2 aliphatic heterocycles. The number of carbonyl (C=O) groups is 3. The van der Waals surface area contributed by atoms with Gasteiger partial charge in [-0.15, -0.1) is 0 Å². The van der Waals surface area contributed by atoms with Crippen LogP contribution < -0.4 is 4.90 Å². The van der Waals surface area contributed by atoms with E-state index in [4.69, 9.17) is 14.2 Å². The van der Waals surface area contributed by atoms with Crippen molar-refractivity contribution >= 4 is 23.4 Å². The van der Waals surface area contributed by atoms with Gasteiger partial charge in [0.15, 0.2) is 5.72 Å². The van der Waals surface area contributed by atoms with Crippen LogP contribution in [0.3, 0.4) is 0 Å². The second-order valence-corrected chi connectivity index (χ2v) is 7.44. The fourth-order valence-electron chi connectivity index (χ4n) is 4.27. The molecule has 8 heteroatoms. The summed E-state index contributed by atoms with van der Waals surface area (Å²) >= 11 is 0. The molecule has 3 rings (SSSR count). The van der Waals surface area contributed by atoms with E-state index in [0.717, 1.165) is 0 Å². The Morgan fingerprint density at radius 2 is 1.79 bits per heavy atom. The maximum Gasteiger partial charge on any atom is 0.303 e. The third-order valence-corrected chi connectivity index (χ3v) is 5.33. The van der Waals surface area contributed by atoms with Crippen molar-refractivity contribution in [3.8, 4) is 0 Å². The monoisotopic (exact) mass is 405 g/mol. The zero-order chi connectivity index (χ0) is 21.3. The van der Waals surface area contributed by atoms with Crippen molar-refractivity contribution in [3.05, 3.63) is 42.4 Å². The van der Waals surface area contributed by atoms with Gasteiger partial charge in [-0.25, -0.2) is 4.39 Å². The van der Waals surface area contributed by atoms with Gasteiger partial charge in [-0.3, -0.25) is 14.4 Å². The first-order valence-electron chi connectivity index (χ1n) is 9.35. The van der Waals surface area contributed by atoms with Crippen LogP contribution in [0.25, 0.3) is 0 Å². The molecule has 156 valence electrons. The number of Topliss-reactive ketones (excluding diaryl/α,β-unsaturated/α-hetero) is 1. The minimum atomic E-state index is -1.15. The third-order valence-electron chi connectivity index (χ3n) is 5.33. The Kier molecular flexibility index (Phi) is 5.75. The van der Waals surface area contributed by atoms with Crippen LogP contribution in [-0.4, -0.2) is 42.3 Å². The zero-order valence-electron chi connectivity index (χ0n) is 16.8. The lowest BCUT2D eigenvalue weighted by atomic mass is 9.71. The predicted octanol–water partition coefficient (Wildman–Crippen LogP) is 2.59. The number of halogens is 1. The van der Waals surface area contributed by atoms with E-state index in [9.17, 15) is 18.8 Å². The van der Waals surface area contributed by atoms with Crippen molar-refractivity contribution in [1.29, 1.82) is 0 Å². The summed E-state index contributed by atoms with van der Waals surface area (Å²) in [5.74, 6) is -2.66. The summed E-state index contributed by atoms with van der Waals surface area (Å²) in [6.45, 7) is 5.63. The number of esters is 2. The van der Waals surface area contributed by atoms with Crippen molar-refractivity contribution in [2.45, 2.75) is 45.6 Å². The molecule has 2 heterocycles. The molecule has 0 amide bonds. The van der Waals surface area contributed by atoms with Crippen molar-refractivity contribution in [2.75, 3.05) is 11.5 Å². The number of carbonyl (C=O) groups excluding carboxylic acids is 3. The highest BCUT2D eigenvalue weighted by Gasteiger charge is 2.59. The van der Waals surface area contributed by atoms with E-state index in [1.54, 1.807) is 36.2 Å². The smallest absolute Gasteiger partial charge is 0.303 e. The van der Waals surface area contributed by atoms with E-state index in [2.05, 4.69) is 0 Å². The molecule has 1 aromatic rings. The number of ketones is 1. The lowest BCUT2D eigenvalue weighted by Crippen LogP contribution is -2.68. The van der Waals surface area contributed by atoms with Crippen molar-refractivity contribution in [2.24, 2.45) is 11.8 Å². The summed E-state index contributed by atoms with van der Waals surface area (Å²) in [4.78, 5) is 37.4. The number of rotatable bonds is 5. The van der Waals surface area contributed by atoms with Gasteiger partial charge in [-0.1, -0.05) is 6.08 Å². The van der Waals surface area contributed by atoms with Gasteiger partial charge in [0.1, 0.15) is 30.4 Å². The minimum absolute atomic E-state index is 0.130. The molecule has 0 radical (unpaired) electrons. The maximum absolute atomic E-state index is 13.4. The molecule has 0 saturated carbocycles. The second-order valence-electron chi connectivity index (χ2n) is 7.44. The van der Waals surface area contributed by atoms with Crippen molar-refractivity contribution < 1.29 is 33.0 Å². The number of anilines is 1. The van der Waals surface area contributed by atoms with E-state index >= 15 is 0 Å². The Balaban J connectivity index is 2.06. The zero-order valence-corrected chi connectivity index (χ0v) is 16.8. The quantitative estimate of drug-likeness (QED) is 0.697. The van der Waals surface area contributed by atoms with Gasteiger partial charge in [-0.2, -0.15) is 0 Å².